The number of hydrogen-bond donors (Lipinski definition) is 0. The van der Waals surface area contributed by atoms with E-state index in [1.165, 1.54) is 22.9 Å². The second kappa shape index (κ2) is 11.0. The lowest BCUT2D eigenvalue weighted by Gasteiger charge is -2.22. The Bertz CT molecular complexity index is 1020. The average molecular weight is 470 g/mol. The third kappa shape index (κ3) is 6.12. The highest BCUT2D eigenvalue weighted by Crippen LogP contribution is 2.20. The monoisotopic (exact) mass is 469 g/mol. The predicted molar refractivity (Wildman–Crippen MR) is 129 cm³/mol. The Labute approximate surface area is 198 Å². The van der Waals surface area contributed by atoms with Gasteiger partial charge in [-0.3, -0.25) is 9.69 Å². The number of carbonyl (C=O) groups is 1. The molecule has 1 aliphatic heterocycles. The lowest BCUT2D eigenvalue weighted by atomic mass is 10.2. The second-order valence-corrected chi connectivity index (χ2v) is 9.41. The molecule has 4 rings (SSSR count). The quantitative estimate of drug-likeness (QED) is 0.487. The summed E-state index contributed by atoms with van der Waals surface area (Å²) in [7, 11) is 0. The number of benzene rings is 2. The van der Waals surface area contributed by atoms with Gasteiger partial charge in [-0.05, 0) is 36.6 Å². The second-order valence-electron chi connectivity index (χ2n) is 8.03. The third-order valence-corrected chi connectivity index (χ3v) is 6.87. The predicted octanol–water partition coefficient (Wildman–Crippen LogP) is 4.11. The molecule has 0 N–H and O–H groups in total. The molecule has 3 aromatic rings. The third-order valence-electron chi connectivity index (χ3n) is 5.67. The molecular formula is C24H28ClN5OS. The molecule has 32 heavy (non-hydrogen) atoms. The van der Waals surface area contributed by atoms with E-state index >= 15 is 0 Å². The molecule has 2 heterocycles. The molecule has 1 amide bonds. The van der Waals surface area contributed by atoms with Crippen LogP contribution in [0.5, 0.6) is 0 Å². The summed E-state index contributed by atoms with van der Waals surface area (Å²) in [5.41, 5.74) is 2.44. The zero-order valence-corrected chi connectivity index (χ0v) is 19.9. The first-order valence-corrected chi connectivity index (χ1v) is 12.3. The van der Waals surface area contributed by atoms with Gasteiger partial charge >= 0.3 is 0 Å². The molecule has 1 aliphatic rings. The number of carbonyl (C=O) groups excluding carboxylic acids is 1. The maximum atomic E-state index is 12.9. The number of aromatic nitrogens is 3. The van der Waals surface area contributed by atoms with Crippen molar-refractivity contribution in [1.29, 1.82) is 0 Å². The van der Waals surface area contributed by atoms with E-state index in [2.05, 4.69) is 43.9 Å². The van der Waals surface area contributed by atoms with E-state index < -0.39 is 0 Å². The molecule has 8 heteroatoms. The van der Waals surface area contributed by atoms with Crippen LogP contribution in [0, 0.1) is 6.92 Å². The fraction of sp³-hybridized carbons (Fsp3) is 0.375. The van der Waals surface area contributed by atoms with E-state index in [1.807, 2.05) is 42.2 Å². The zero-order chi connectivity index (χ0) is 22.3. The Morgan fingerprint density at radius 2 is 1.69 bits per heavy atom. The molecule has 0 spiro atoms. The molecule has 168 valence electrons. The molecule has 0 atom stereocenters. The first-order valence-electron chi connectivity index (χ1n) is 10.9. The van der Waals surface area contributed by atoms with E-state index in [1.54, 1.807) is 0 Å². The van der Waals surface area contributed by atoms with Crippen LogP contribution >= 0.6 is 23.4 Å². The van der Waals surface area contributed by atoms with Gasteiger partial charge in [0.05, 0.1) is 12.3 Å². The van der Waals surface area contributed by atoms with E-state index in [4.69, 9.17) is 11.6 Å². The molecule has 2 aromatic carbocycles. The summed E-state index contributed by atoms with van der Waals surface area (Å²) in [5.74, 6) is 1.40. The topological polar surface area (TPSA) is 54.3 Å². The van der Waals surface area contributed by atoms with Gasteiger partial charge < -0.3 is 9.47 Å². The number of nitrogens with zero attached hydrogens (tertiary/aromatic N) is 5. The molecule has 0 bridgehead atoms. The highest BCUT2D eigenvalue weighted by Gasteiger charge is 2.20. The van der Waals surface area contributed by atoms with Crippen molar-refractivity contribution in [2.24, 2.45) is 0 Å². The standard InChI is InChI=1S/C24H28ClN5OS/c1-19-26-27-24(30(19)17-20-6-3-2-4-7-20)32-18-23(31)29-13-5-12-28(14-15-29)16-21-8-10-22(25)11-9-21/h2-4,6-11H,5,12-18H2,1H3. The molecule has 0 unspecified atom stereocenters. The minimum absolute atomic E-state index is 0.162. The number of halogens is 1. The van der Waals surface area contributed by atoms with Gasteiger partial charge in [-0.1, -0.05) is 65.8 Å². The smallest absolute Gasteiger partial charge is 0.233 e. The van der Waals surface area contributed by atoms with E-state index in [0.717, 1.165) is 55.1 Å². The van der Waals surface area contributed by atoms with Crippen molar-refractivity contribution in [2.75, 3.05) is 31.9 Å². The summed E-state index contributed by atoms with van der Waals surface area (Å²) in [6.45, 7) is 6.96. The molecule has 0 aliphatic carbocycles. The van der Waals surface area contributed by atoms with Crippen LogP contribution in [0.1, 0.15) is 23.4 Å². The van der Waals surface area contributed by atoms with Crippen molar-refractivity contribution in [2.45, 2.75) is 31.6 Å². The fourth-order valence-corrected chi connectivity index (χ4v) is 4.87. The molecule has 1 saturated heterocycles. The first kappa shape index (κ1) is 22.8. The fourth-order valence-electron chi connectivity index (χ4n) is 3.86. The van der Waals surface area contributed by atoms with Gasteiger partial charge in [-0.2, -0.15) is 0 Å². The van der Waals surface area contributed by atoms with Gasteiger partial charge in [0, 0.05) is 37.7 Å². The summed E-state index contributed by atoms with van der Waals surface area (Å²) in [4.78, 5) is 17.3. The Hall–Kier alpha value is -2.35. The SMILES string of the molecule is Cc1nnc(SCC(=O)N2CCCN(Cc3ccc(Cl)cc3)CC2)n1Cc1ccccc1. The van der Waals surface area contributed by atoms with Gasteiger partial charge in [0.1, 0.15) is 5.82 Å². The summed E-state index contributed by atoms with van der Waals surface area (Å²) >= 11 is 7.46. The van der Waals surface area contributed by atoms with Gasteiger partial charge in [0.2, 0.25) is 5.91 Å². The van der Waals surface area contributed by atoms with Crippen LogP contribution in [-0.2, 0) is 17.9 Å². The average Bonchev–Trinajstić information content (AvgIpc) is 2.99. The minimum Gasteiger partial charge on any atom is -0.341 e. The number of aryl methyl sites for hydroxylation is 1. The maximum Gasteiger partial charge on any atom is 0.233 e. The van der Waals surface area contributed by atoms with Crippen LogP contribution in [-0.4, -0.2) is 62.4 Å². The number of hydrogen-bond acceptors (Lipinski definition) is 5. The van der Waals surface area contributed by atoms with E-state index in [0.29, 0.717) is 12.3 Å². The molecular weight excluding hydrogens is 442 g/mol. The van der Waals surface area contributed by atoms with E-state index in [-0.39, 0.29) is 5.91 Å². The first-order chi connectivity index (χ1) is 15.6. The van der Waals surface area contributed by atoms with E-state index in [9.17, 15) is 4.79 Å². The Kier molecular flexibility index (Phi) is 7.84. The summed E-state index contributed by atoms with van der Waals surface area (Å²) in [5, 5.41) is 10.1. The summed E-state index contributed by atoms with van der Waals surface area (Å²) in [6, 6.07) is 18.2. The molecule has 0 saturated carbocycles. The lowest BCUT2D eigenvalue weighted by molar-refractivity contribution is -0.128. The van der Waals surface area contributed by atoms with Crippen LogP contribution in [0.25, 0.3) is 0 Å². The molecule has 1 aromatic heterocycles. The van der Waals surface area contributed by atoms with Crippen LogP contribution in [0.3, 0.4) is 0 Å². The Morgan fingerprint density at radius 1 is 0.938 bits per heavy atom. The number of amides is 1. The van der Waals surface area contributed by atoms with Crippen molar-refractivity contribution in [3.8, 4) is 0 Å². The van der Waals surface area contributed by atoms with Crippen LogP contribution < -0.4 is 0 Å². The maximum absolute atomic E-state index is 12.9. The minimum atomic E-state index is 0.162. The molecule has 0 radical (unpaired) electrons. The number of thioether (sulfide) groups is 1. The van der Waals surface area contributed by atoms with Crippen molar-refractivity contribution < 1.29 is 4.79 Å². The summed E-state index contributed by atoms with van der Waals surface area (Å²) in [6.07, 6.45) is 0.979. The molecule has 1 fully saturated rings. The Balaban J connectivity index is 1.30. The van der Waals surface area contributed by atoms with Crippen molar-refractivity contribution in [3.05, 3.63) is 76.6 Å². The van der Waals surface area contributed by atoms with Gasteiger partial charge in [0.25, 0.3) is 0 Å². The van der Waals surface area contributed by atoms with Gasteiger partial charge in [-0.15, -0.1) is 10.2 Å². The van der Waals surface area contributed by atoms with Crippen LogP contribution in [0.15, 0.2) is 59.8 Å². The van der Waals surface area contributed by atoms with Crippen molar-refractivity contribution >= 4 is 29.3 Å². The molecule has 6 nitrogen and oxygen atoms in total. The largest absolute Gasteiger partial charge is 0.341 e. The van der Waals surface area contributed by atoms with Crippen LogP contribution in [0.4, 0.5) is 0 Å². The lowest BCUT2D eigenvalue weighted by Crippen LogP contribution is -2.36. The van der Waals surface area contributed by atoms with Crippen LogP contribution in [0.2, 0.25) is 5.02 Å². The highest BCUT2D eigenvalue weighted by molar-refractivity contribution is 7.99. The number of rotatable bonds is 7. The summed E-state index contributed by atoms with van der Waals surface area (Å²) < 4.78 is 2.07. The van der Waals surface area contributed by atoms with Crippen molar-refractivity contribution in [1.82, 2.24) is 24.6 Å². The van der Waals surface area contributed by atoms with Crippen molar-refractivity contribution in [3.63, 3.8) is 0 Å². The Morgan fingerprint density at radius 3 is 2.47 bits per heavy atom. The van der Waals surface area contributed by atoms with Gasteiger partial charge in [0.15, 0.2) is 5.16 Å². The normalized spacial score (nSPS) is 15.0. The van der Waals surface area contributed by atoms with Gasteiger partial charge in [-0.25, -0.2) is 0 Å². The zero-order valence-electron chi connectivity index (χ0n) is 18.3. The highest BCUT2D eigenvalue weighted by atomic mass is 35.5.